The summed E-state index contributed by atoms with van der Waals surface area (Å²) in [5.74, 6) is 0.931. The van der Waals surface area contributed by atoms with Gasteiger partial charge in [-0.3, -0.25) is 4.99 Å². The SMILES string of the molecule is CN=C(NCC1(SC)CCOCC1)N(C)Cc1ccccc1Br.I. The third-order valence-corrected chi connectivity index (χ3v) is 6.54. The average Bonchev–Trinajstić information content (AvgIpc) is 2.58. The van der Waals surface area contributed by atoms with Crippen LogP contribution < -0.4 is 5.32 Å². The molecule has 1 saturated heterocycles. The lowest BCUT2D eigenvalue weighted by Gasteiger charge is -2.37. The van der Waals surface area contributed by atoms with Gasteiger partial charge in [0.1, 0.15) is 0 Å². The van der Waals surface area contributed by atoms with Crippen LogP contribution in [0.3, 0.4) is 0 Å². The largest absolute Gasteiger partial charge is 0.381 e. The molecule has 0 radical (unpaired) electrons. The first-order valence-corrected chi connectivity index (χ1v) is 9.90. The number of aliphatic imine (C=N–C) groups is 1. The number of halogens is 2. The summed E-state index contributed by atoms with van der Waals surface area (Å²) in [5.41, 5.74) is 1.25. The van der Waals surface area contributed by atoms with E-state index in [0.29, 0.717) is 0 Å². The number of guanidine groups is 1. The van der Waals surface area contributed by atoms with Gasteiger partial charge in [0.25, 0.3) is 0 Å². The Bertz CT molecular complexity index is 538. The summed E-state index contributed by atoms with van der Waals surface area (Å²) >= 11 is 5.55. The van der Waals surface area contributed by atoms with E-state index < -0.39 is 0 Å². The van der Waals surface area contributed by atoms with E-state index >= 15 is 0 Å². The summed E-state index contributed by atoms with van der Waals surface area (Å²) in [6.45, 7) is 3.45. The van der Waals surface area contributed by atoms with E-state index in [9.17, 15) is 0 Å². The Hall–Kier alpha value is 0.01000. The first-order valence-electron chi connectivity index (χ1n) is 7.88. The van der Waals surface area contributed by atoms with Crippen LogP contribution in [-0.2, 0) is 11.3 Å². The predicted molar refractivity (Wildman–Crippen MR) is 119 cm³/mol. The number of ether oxygens (including phenoxy) is 1. The van der Waals surface area contributed by atoms with Gasteiger partial charge in [-0.2, -0.15) is 11.8 Å². The number of hydrogen-bond donors (Lipinski definition) is 1. The molecule has 0 atom stereocenters. The zero-order chi connectivity index (χ0) is 16.7. The van der Waals surface area contributed by atoms with Crippen LogP contribution >= 0.6 is 51.7 Å². The van der Waals surface area contributed by atoms with Crippen LogP contribution in [-0.4, -0.2) is 55.7 Å². The predicted octanol–water partition coefficient (Wildman–Crippen LogP) is 3.99. The van der Waals surface area contributed by atoms with Gasteiger partial charge < -0.3 is 15.0 Å². The maximum absolute atomic E-state index is 5.51. The molecule has 0 unspecified atom stereocenters. The molecule has 2 rings (SSSR count). The standard InChI is InChI=1S/C17H26BrN3OS.HI/c1-19-16(20-13-17(23-3)8-10-22-11-9-17)21(2)12-14-6-4-5-7-15(14)18;/h4-7H,8-13H2,1-3H3,(H,19,20);1H. The van der Waals surface area contributed by atoms with Gasteiger partial charge in [0.2, 0.25) is 0 Å². The maximum atomic E-state index is 5.51. The van der Waals surface area contributed by atoms with Crippen molar-refractivity contribution in [1.29, 1.82) is 0 Å². The second-order valence-corrected chi connectivity index (χ2v) is 7.98. The van der Waals surface area contributed by atoms with Gasteiger partial charge in [0.05, 0.1) is 0 Å². The van der Waals surface area contributed by atoms with E-state index in [1.807, 2.05) is 24.9 Å². The summed E-state index contributed by atoms with van der Waals surface area (Å²) in [7, 11) is 3.92. The van der Waals surface area contributed by atoms with E-state index in [-0.39, 0.29) is 28.7 Å². The molecule has 1 N–H and O–H groups in total. The molecule has 136 valence electrons. The number of rotatable bonds is 5. The normalized spacial score (nSPS) is 17.1. The monoisotopic (exact) mass is 527 g/mol. The highest BCUT2D eigenvalue weighted by molar-refractivity contribution is 14.0. The van der Waals surface area contributed by atoms with Crippen LogP contribution in [0.4, 0.5) is 0 Å². The van der Waals surface area contributed by atoms with Gasteiger partial charge in [-0.05, 0) is 30.7 Å². The van der Waals surface area contributed by atoms with Crippen molar-refractivity contribution in [3.63, 3.8) is 0 Å². The van der Waals surface area contributed by atoms with Crippen molar-refractivity contribution in [2.45, 2.75) is 24.1 Å². The van der Waals surface area contributed by atoms with Crippen LogP contribution in [0, 0.1) is 0 Å². The molecule has 1 aliphatic heterocycles. The smallest absolute Gasteiger partial charge is 0.193 e. The third kappa shape index (κ3) is 6.07. The van der Waals surface area contributed by atoms with Crippen molar-refractivity contribution in [3.05, 3.63) is 34.3 Å². The lowest BCUT2D eigenvalue weighted by molar-refractivity contribution is 0.0781. The molecule has 1 heterocycles. The van der Waals surface area contributed by atoms with Gasteiger partial charge >= 0.3 is 0 Å². The third-order valence-electron chi connectivity index (χ3n) is 4.34. The molecule has 0 amide bonds. The molecule has 0 saturated carbocycles. The zero-order valence-electron chi connectivity index (χ0n) is 14.5. The van der Waals surface area contributed by atoms with Crippen LogP contribution in [0.1, 0.15) is 18.4 Å². The van der Waals surface area contributed by atoms with Gasteiger partial charge in [-0.1, -0.05) is 34.1 Å². The Morgan fingerprint density at radius 1 is 1.38 bits per heavy atom. The van der Waals surface area contributed by atoms with Gasteiger partial charge in [-0.15, -0.1) is 24.0 Å². The molecule has 24 heavy (non-hydrogen) atoms. The quantitative estimate of drug-likeness (QED) is 0.357. The minimum absolute atomic E-state index is 0. The lowest BCUT2D eigenvalue weighted by atomic mass is 9.99. The molecule has 0 aromatic heterocycles. The Balaban J connectivity index is 0.00000288. The number of benzene rings is 1. The van der Waals surface area contributed by atoms with Crippen molar-refractivity contribution >= 4 is 57.6 Å². The number of thioether (sulfide) groups is 1. The lowest BCUT2D eigenvalue weighted by Crippen LogP contribution is -2.48. The molecule has 0 bridgehead atoms. The maximum Gasteiger partial charge on any atom is 0.193 e. The van der Waals surface area contributed by atoms with Crippen molar-refractivity contribution < 1.29 is 4.74 Å². The summed E-state index contributed by atoms with van der Waals surface area (Å²) in [4.78, 5) is 6.60. The molecular formula is C17H27BrIN3OS. The van der Waals surface area contributed by atoms with Crippen LogP contribution in [0.2, 0.25) is 0 Å². The molecule has 1 aromatic carbocycles. The molecule has 1 aliphatic rings. The van der Waals surface area contributed by atoms with Crippen LogP contribution in [0.5, 0.6) is 0 Å². The van der Waals surface area contributed by atoms with E-state index in [2.05, 4.69) is 62.6 Å². The average molecular weight is 528 g/mol. The highest BCUT2D eigenvalue weighted by Crippen LogP contribution is 2.33. The highest BCUT2D eigenvalue weighted by Gasteiger charge is 2.32. The fourth-order valence-corrected chi connectivity index (χ4v) is 3.98. The van der Waals surface area contributed by atoms with Gasteiger partial charge in [0, 0.05) is 49.6 Å². The Labute approximate surface area is 175 Å². The fraction of sp³-hybridized carbons (Fsp3) is 0.588. The molecule has 7 heteroatoms. The minimum atomic E-state index is 0. The molecule has 0 spiro atoms. The summed E-state index contributed by atoms with van der Waals surface area (Å²) < 4.78 is 6.90. The summed E-state index contributed by atoms with van der Waals surface area (Å²) in [6.07, 6.45) is 4.37. The Morgan fingerprint density at radius 2 is 2.04 bits per heavy atom. The molecular weight excluding hydrogens is 501 g/mol. The second kappa shape index (κ2) is 10.9. The molecule has 0 aliphatic carbocycles. The number of hydrogen-bond acceptors (Lipinski definition) is 3. The van der Waals surface area contributed by atoms with E-state index in [1.165, 1.54) is 5.56 Å². The second-order valence-electron chi connectivity index (χ2n) is 5.85. The first-order chi connectivity index (χ1) is 11.1. The molecule has 1 fully saturated rings. The fourth-order valence-electron chi connectivity index (χ4n) is 2.78. The first kappa shape index (κ1) is 22.1. The van der Waals surface area contributed by atoms with Crippen molar-refractivity contribution in [3.8, 4) is 0 Å². The topological polar surface area (TPSA) is 36.9 Å². The van der Waals surface area contributed by atoms with Crippen molar-refractivity contribution in [2.24, 2.45) is 4.99 Å². The van der Waals surface area contributed by atoms with E-state index in [4.69, 9.17) is 4.74 Å². The van der Waals surface area contributed by atoms with Crippen LogP contribution in [0.15, 0.2) is 33.7 Å². The number of nitrogens with zero attached hydrogens (tertiary/aromatic N) is 2. The molecule has 1 aromatic rings. The zero-order valence-corrected chi connectivity index (χ0v) is 19.3. The van der Waals surface area contributed by atoms with E-state index in [0.717, 1.165) is 49.6 Å². The summed E-state index contributed by atoms with van der Waals surface area (Å²) in [5, 5.41) is 3.55. The molecule has 4 nitrogen and oxygen atoms in total. The summed E-state index contributed by atoms with van der Waals surface area (Å²) in [6, 6.07) is 8.31. The number of nitrogens with one attached hydrogen (secondary N) is 1. The van der Waals surface area contributed by atoms with Crippen molar-refractivity contribution in [1.82, 2.24) is 10.2 Å². The Kier molecular flexibility index (Phi) is 10.00. The highest BCUT2D eigenvalue weighted by atomic mass is 127. The Morgan fingerprint density at radius 3 is 2.62 bits per heavy atom. The van der Waals surface area contributed by atoms with Gasteiger partial charge in [0.15, 0.2) is 5.96 Å². The van der Waals surface area contributed by atoms with Gasteiger partial charge in [-0.25, -0.2) is 0 Å². The van der Waals surface area contributed by atoms with E-state index in [1.54, 1.807) is 0 Å². The van der Waals surface area contributed by atoms with Crippen LogP contribution in [0.25, 0.3) is 0 Å². The van der Waals surface area contributed by atoms with Crippen molar-refractivity contribution in [2.75, 3.05) is 40.1 Å². The minimum Gasteiger partial charge on any atom is -0.381 e.